The molecule has 4 nitrogen and oxygen atoms in total. The third-order valence-corrected chi connectivity index (χ3v) is 4.83. The maximum atomic E-state index is 5.37. The van der Waals surface area contributed by atoms with E-state index in [4.69, 9.17) is 9.62 Å². The Bertz CT molecular complexity index is 613. The zero-order valence-corrected chi connectivity index (χ0v) is 12.8. The minimum atomic E-state index is 0.160. The highest BCUT2D eigenvalue weighted by atomic mass is 16.5. The molecule has 4 rings (SSSR count). The van der Waals surface area contributed by atoms with Crippen molar-refractivity contribution in [3.05, 3.63) is 35.0 Å². The van der Waals surface area contributed by atoms with Gasteiger partial charge >= 0.3 is 0 Å². The van der Waals surface area contributed by atoms with Gasteiger partial charge in [-0.1, -0.05) is 25.9 Å². The van der Waals surface area contributed by atoms with E-state index in [0.717, 1.165) is 25.0 Å². The zero-order valence-electron chi connectivity index (χ0n) is 12.8. The molecule has 0 amide bonds. The summed E-state index contributed by atoms with van der Waals surface area (Å²) in [6, 6.07) is 0. The molecule has 20 heavy (non-hydrogen) atoms. The van der Waals surface area contributed by atoms with Crippen LogP contribution >= 0.6 is 0 Å². The molecule has 0 spiro atoms. The number of hydrogen-bond donors (Lipinski definition) is 0. The van der Waals surface area contributed by atoms with Crippen LogP contribution in [-0.2, 0) is 31.7 Å². The second kappa shape index (κ2) is 4.76. The van der Waals surface area contributed by atoms with Crippen LogP contribution in [0.25, 0.3) is 0 Å². The highest BCUT2D eigenvalue weighted by Crippen LogP contribution is 2.47. The molecular weight excluding hydrogens is 250 g/mol. The van der Waals surface area contributed by atoms with E-state index in [1.807, 2.05) is 31.8 Å². The largest absolute Gasteiger partial charge is 0.361 e. The van der Waals surface area contributed by atoms with Gasteiger partial charge in [0.05, 0.1) is 11.9 Å². The molecule has 0 bridgehead atoms. The van der Waals surface area contributed by atoms with Gasteiger partial charge in [0.2, 0.25) is 0 Å². The fourth-order valence-electron chi connectivity index (χ4n) is 3.81. The maximum absolute atomic E-state index is 5.37. The summed E-state index contributed by atoms with van der Waals surface area (Å²) in [5, 5.41) is 8.68. The van der Waals surface area contributed by atoms with Crippen molar-refractivity contribution in [1.29, 1.82) is 0 Å². The molecule has 2 unspecified atom stereocenters. The molecule has 0 fully saturated rings. The minimum Gasteiger partial charge on any atom is -0.361 e. The molecule has 0 N–H and O–H groups in total. The first-order chi connectivity index (χ1) is 9.67. The number of fused-ring (bicyclic) bond motifs is 4. The highest BCUT2D eigenvalue weighted by Gasteiger charge is 2.46. The van der Waals surface area contributed by atoms with Crippen molar-refractivity contribution in [2.24, 2.45) is 13.0 Å². The molecule has 2 aromatic heterocycles. The van der Waals surface area contributed by atoms with E-state index in [2.05, 4.69) is 18.3 Å². The first kappa shape index (κ1) is 13.4. The first-order valence-electron chi connectivity index (χ1n) is 7.62. The van der Waals surface area contributed by atoms with Gasteiger partial charge in [-0.2, -0.15) is 5.10 Å². The Hall–Kier alpha value is -1.58. The summed E-state index contributed by atoms with van der Waals surface area (Å²) in [6.07, 6.45) is 8.47. The minimum absolute atomic E-state index is 0.160. The van der Waals surface area contributed by atoms with Crippen LogP contribution in [0.4, 0.5) is 0 Å². The van der Waals surface area contributed by atoms with Gasteiger partial charge in [-0.3, -0.25) is 4.68 Å². The Morgan fingerprint density at radius 3 is 2.95 bits per heavy atom. The van der Waals surface area contributed by atoms with E-state index < -0.39 is 0 Å². The summed E-state index contributed by atoms with van der Waals surface area (Å²) in [7, 11) is 2.02. The monoisotopic (exact) mass is 273 g/mol. The van der Waals surface area contributed by atoms with Crippen LogP contribution < -0.4 is 0 Å². The fourth-order valence-corrected chi connectivity index (χ4v) is 3.81. The molecule has 0 aliphatic heterocycles. The molecular formula is C16H23N3O. The van der Waals surface area contributed by atoms with Crippen molar-refractivity contribution in [3.8, 4) is 0 Å². The van der Waals surface area contributed by atoms with E-state index in [-0.39, 0.29) is 5.41 Å². The smallest absolute Gasteiger partial charge is 0.140 e. The topological polar surface area (TPSA) is 43.9 Å². The van der Waals surface area contributed by atoms with Crippen LogP contribution in [0.15, 0.2) is 16.9 Å². The van der Waals surface area contributed by atoms with Crippen molar-refractivity contribution in [2.45, 2.75) is 51.9 Å². The number of nitrogens with zero attached hydrogens (tertiary/aromatic N) is 3. The molecule has 0 saturated carbocycles. The van der Waals surface area contributed by atoms with Gasteiger partial charge in [0.1, 0.15) is 5.76 Å². The van der Waals surface area contributed by atoms with Gasteiger partial charge in [0, 0.05) is 30.6 Å². The van der Waals surface area contributed by atoms with E-state index in [1.165, 1.54) is 23.2 Å². The molecule has 0 radical (unpaired) electrons. The van der Waals surface area contributed by atoms with E-state index in [0.29, 0.717) is 5.92 Å². The number of aromatic nitrogens is 3. The quantitative estimate of drug-likeness (QED) is 0.741. The predicted octanol–water partition coefficient (Wildman–Crippen LogP) is 3.05. The van der Waals surface area contributed by atoms with Crippen molar-refractivity contribution in [3.63, 3.8) is 0 Å². The molecule has 2 aliphatic rings. The van der Waals surface area contributed by atoms with Crippen LogP contribution in [-0.4, -0.2) is 14.9 Å². The Morgan fingerprint density at radius 1 is 1.35 bits per heavy atom. The lowest BCUT2D eigenvalue weighted by Crippen LogP contribution is -2.42. The van der Waals surface area contributed by atoms with Crippen molar-refractivity contribution >= 4 is 0 Å². The van der Waals surface area contributed by atoms with Crippen molar-refractivity contribution in [1.82, 2.24) is 14.9 Å². The Morgan fingerprint density at radius 2 is 2.15 bits per heavy atom. The third-order valence-electron chi connectivity index (χ3n) is 4.83. The van der Waals surface area contributed by atoms with E-state index in [1.54, 1.807) is 0 Å². The van der Waals surface area contributed by atoms with Gasteiger partial charge in [-0.25, -0.2) is 0 Å². The Kier molecular flexibility index (Phi) is 3.19. The SMILES string of the molecule is CC.Cn1cc2c(n1)C1(C)Cc3cnoc3CC1CC2. The van der Waals surface area contributed by atoms with E-state index in [9.17, 15) is 0 Å². The number of hydrogen-bond acceptors (Lipinski definition) is 3. The summed E-state index contributed by atoms with van der Waals surface area (Å²) in [6.45, 7) is 6.36. The Labute approximate surface area is 120 Å². The van der Waals surface area contributed by atoms with Crippen molar-refractivity contribution < 1.29 is 4.52 Å². The summed E-state index contributed by atoms with van der Waals surface area (Å²) in [5.74, 6) is 1.73. The number of aryl methyl sites for hydroxylation is 2. The molecule has 0 saturated heterocycles. The Balaban J connectivity index is 0.000000581. The number of rotatable bonds is 0. The van der Waals surface area contributed by atoms with Crippen LogP contribution in [0.5, 0.6) is 0 Å². The fraction of sp³-hybridized carbons (Fsp3) is 0.625. The molecule has 0 aromatic carbocycles. The van der Waals surface area contributed by atoms with Crippen molar-refractivity contribution in [2.75, 3.05) is 0 Å². The predicted molar refractivity (Wildman–Crippen MR) is 77.6 cm³/mol. The third kappa shape index (κ3) is 1.81. The first-order valence-corrected chi connectivity index (χ1v) is 7.62. The lowest BCUT2D eigenvalue weighted by molar-refractivity contribution is 0.206. The standard InChI is InChI=1S/C14H17N3O.C2H6/c1-14-6-10-7-15-18-12(10)5-11(14)4-3-9-8-17(2)16-13(9)14;1-2/h7-8,11H,3-6H2,1-2H3;1-2H3. The summed E-state index contributed by atoms with van der Waals surface area (Å²) >= 11 is 0. The normalized spacial score (nSPS) is 26.9. The lowest BCUT2D eigenvalue weighted by atomic mass is 9.60. The molecule has 2 aromatic rings. The zero-order chi connectivity index (χ0) is 14.3. The molecule has 2 atom stereocenters. The van der Waals surface area contributed by atoms with Gasteiger partial charge in [-0.15, -0.1) is 0 Å². The van der Waals surface area contributed by atoms with Gasteiger partial charge in [-0.05, 0) is 30.7 Å². The summed E-state index contributed by atoms with van der Waals surface area (Å²) in [5.41, 5.74) is 4.16. The van der Waals surface area contributed by atoms with E-state index >= 15 is 0 Å². The molecule has 108 valence electrons. The molecule has 2 aliphatic carbocycles. The van der Waals surface area contributed by atoms with Crippen LogP contribution in [0.2, 0.25) is 0 Å². The average molecular weight is 273 g/mol. The molecule has 4 heteroatoms. The molecule has 2 heterocycles. The second-order valence-corrected chi connectivity index (χ2v) is 5.98. The van der Waals surface area contributed by atoms with Crippen LogP contribution in [0, 0.1) is 5.92 Å². The average Bonchev–Trinajstić information content (AvgIpc) is 3.04. The van der Waals surface area contributed by atoms with Gasteiger partial charge in [0.15, 0.2) is 0 Å². The summed E-state index contributed by atoms with van der Waals surface area (Å²) in [4.78, 5) is 0. The summed E-state index contributed by atoms with van der Waals surface area (Å²) < 4.78 is 7.33. The highest BCUT2D eigenvalue weighted by molar-refractivity contribution is 5.36. The van der Waals surface area contributed by atoms with Crippen LogP contribution in [0.1, 0.15) is 49.8 Å². The second-order valence-electron chi connectivity index (χ2n) is 5.98. The van der Waals surface area contributed by atoms with Crippen LogP contribution in [0.3, 0.4) is 0 Å². The van der Waals surface area contributed by atoms with Gasteiger partial charge < -0.3 is 4.52 Å². The lowest BCUT2D eigenvalue weighted by Gasteiger charge is -2.42. The maximum Gasteiger partial charge on any atom is 0.140 e. The van der Waals surface area contributed by atoms with Gasteiger partial charge in [0.25, 0.3) is 0 Å².